The molecule has 0 amide bonds. The minimum Gasteiger partial charge on any atom is -0.365 e. The summed E-state index contributed by atoms with van der Waals surface area (Å²) in [7, 11) is -3.36. The minimum atomic E-state index is -3.36. The van der Waals surface area contributed by atoms with E-state index in [-0.39, 0.29) is 0 Å². The number of anilines is 1. The predicted octanol–water partition coefficient (Wildman–Crippen LogP) is 4.42. The number of thiophene rings is 2. The molecule has 0 saturated carbocycles. The number of aryl methyl sites for hydroxylation is 2. The zero-order valence-electron chi connectivity index (χ0n) is 16.2. The van der Waals surface area contributed by atoms with E-state index in [0.717, 1.165) is 53.0 Å². The maximum absolute atomic E-state index is 12.9. The Hall–Kier alpha value is -1.55. The van der Waals surface area contributed by atoms with Crippen molar-refractivity contribution < 1.29 is 8.42 Å². The molecule has 0 spiro atoms. The molecule has 1 N–H and O–H groups in total. The highest BCUT2D eigenvalue weighted by atomic mass is 32.2. The van der Waals surface area contributed by atoms with E-state index in [9.17, 15) is 8.42 Å². The lowest BCUT2D eigenvalue weighted by molar-refractivity contribution is 0.347. The Balaban J connectivity index is 1.36. The maximum atomic E-state index is 12.9. The van der Waals surface area contributed by atoms with Gasteiger partial charge in [-0.15, -0.1) is 22.7 Å². The molecular weight excluding hydrogens is 424 g/mol. The summed E-state index contributed by atoms with van der Waals surface area (Å²) < 4.78 is 27.8. The van der Waals surface area contributed by atoms with Crippen LogP contribution in [0.3, 0.4) is 0 Å². The van der Waals surface area contributed by atoms with E-state index in [1.54, 1.807) is 28.0 Å². The van der Waals surface area contributed by atoms with Gasteiger partial charge in [0.1, 0.15) is 21.2 Å². The van der Waals surface area contributed by atoms with Crippen molar-refractivity contribution in [1.29, 1.82) is 0 Å². The standard InChI is InChI=1S/C20H24N4O2S3/c25-29(26,24-10-4-1-5-11-24)17-9-8-14(27-17)12-21-19-18-15-6-2-3-7-16(15)28-20(18)23-13-22-19/h8-9,13H,1-7,10-12H2,(H,21,22,23). The molecule has 1 saturated heterocycles. The van der Waals surface area contributed by atoms with Crippen LogP contribution in [0.2, 0.25) is 0 Å². The van der Waals surface area contributed by atoms with Crippen LogP contribution in [0.5, 0.6) is 0 Å². The molecule has 0 radical (unpaired) electrons. The van der Waals surface area contributed by atoms with Gasteiger partial charge >= 0.3 is 0 Å². The number of fused-ring (bicyclic) bond motifs is 3. The van der Waals surface area contributed by atoms with Crippen LogP contribution in [0.4, 0.5) is 5.82 Å². The van der Waals surface area contributed by atoms with E-state index >= 15 is 0 Å². The van der Waals surface area contributed by atoms with Crippen molar-refractivity contribution in [3.05, 3.63) is 33.8 Å². The first kappa shape index (κ1) is 19.4. The first-order chi connectivity index (χ1) is 14.1. The second-order valence-corrected chi connectivity index (χ2v) is 12.1. The molecule has 0 aromatic carbocycles. The van der Waals surface area contributed by atoms with E-state index in [4.69, 9.17) is 0 Å². The summed E-state index contributed by atoms with van der Waals surface area (Å²) in [6.07, 6.45) is 9.34. The highest BCUT2D eigenvalue weighted by molar-refractivity contribution is 7.91. The van der Waals surface area contributed by atoms with Gasteiger partial charge in [-0.25, -0.2) is 18.4 Å². The molecule has 1 fully saturated rings. The second kappa shape index (κ2) is 7.94. The van der Waals surface area contributed by atoms with E-state index < -0.39 is 10.0 Å². The van der Waals surface area contributed by atoms with Gasteiger partial charge in [0.15, 0.2) is 0 Å². The van der Waals surface area contributed by atoms with Crippen LogP contribution in [0.1, 0.15) is 47.4 Å². The molecule has 29 heavy (non-hydrogen) atoms. The summed E-state index contributed by atoms with van der Waals surface area (Å²) in [4.78, 5) is 12.5. The monoisotopic (exact) mass is 448 g/mol. The molecule has 6 nitrogen and oxygen atoms in total. The van der Waals surface area contributed by atoms with Crippen molar-refractivity contribution in [3.8, 4) is 0 Å². The number of hydrogen-bond donors (Lipinski definition) is 1. The summed E-state index contributed by atoms with van der Waals surface area (Å²) in [5, 5.41) is 4.60. The number of nitrogens with zero attached hydrogens (tertiary/aromatic N) is 3. The van der Waals surface area contributed by atoms with E-state index in [1.165, 1.54) is 34.6 Å². The molecule has 0 bridgehead atoms. The van der Waals surface area contributed by atoms with E-state index in [0.29, 0.717) is 23.8 Å². The lowest BCUT2D eigenvalue weighted by atomic mass is 9.97. The van der Waals surface area contributed by atoms with Crippen LogP contribution >= 0.6 is 22.7 Å². The number of aromatic nitrogens is 2. The highest BCUT2D eigenvalue weighted by Crippen LogP contribution is 2.38. The van der Waals surface area contributed by atoms with Gasteiger partial charge in [0.05, 0.1) is 11.9 Å². The van der Waals surface area contributed by atoms with Crippen LogP contribution < -0.4 is 5.32 Å². The van der Waals surface area contributed by atoms with Gasteiger partial charge in [0.2, 0.25) is 0 Å². The number of piperidine rings is 1. The molecular formula is C20H24N4O2S3. The Morgan fingerprint density at radius 2 is 1.83 bits per heavy atom. The van der Waals surface area contributed by atoms with Crippen LogP contribution in [0, 0.1) is 0 Å². The van der Waals surface area contributed by atoms with Crippen molar-refractivity contribution >= 4 is 48.7 Å². The lowest BCUT2D eigenvalue weighted by Gasteiger charge is -2.25. The molecule has 9 heteroatoms. The Morgan fingerprint density at radius 3 is 2.69 bits per heavy atom. The number of nitrogens with one attached hydrogen (secondary N) is 1. The smallest absolute Gasteiger partial charge is 0.252 e. The first-order valence-electron chi connectivity index (χ1n) is 10.2. The first-order valence-corrected chi connectivity index (χ1v) is 13.3. The fourth-order valence-corrected chi connectivity index (χ4v) is 8.42. The lowest BCUT2D eigenvalue weighted by Crippen LogP contribution is -2.35. The fourth-order valence-electron chi connectivity index (χ4n) is 4.22. The molecule has 3 aromatic rings. The van der Waals surface area contributed by atoms with Crippen molar-refractivity contribution in [1.82, 2.24) is 14.3 Å². The Labute approximate surface area is 179 Å². The summed E-state index contributed by atoms with van der Waals surface area (Å²) >= 11 is 3.14. The molecule has 5 rings (SSSR count). The van der Waals surface area contributed by atoms with Crippen molar-refractivity contribution in [2.45, 2.75) is 55.7 Å². The number of sulfonamides is 1. The van der Waals surface area contributed by atoms with Crippen molar-refractivity contribution in [3.63, 3.8) is 0 Å². The molecule has 1 aliphatic carbocycles. The maximum Gasteiger partial charge on any atom is 0.252 e. The summed E-state index contributed by atoms with van der Waals surface area (Å²) in [6, 6.07) is 3.66. The van der Waals surface area contributed by atoms with Gasteiger partial charge in [-0.2, -0.15) is 4.31 Å². The average molecular weight is 449 g/mol. The largest absolute Gasteiger partial charge is 0.365 e. The Morgan fingerprint density at radius 1 is 1.00 bits per heavy atom. The van der Waals surface area contributed by atoms with Gasteiger partial charge < -0.3 is 5.32 Å². The third kappa shape index (κ3) is 3.69. The van der Waals surface area contributed by atoms with Crippen molar-refractivity contribution in [2.24, 2.45) is 0 Å². The fraction of sp³-hybridized carbons (Fsp3) is 0.500. The normalized spacial score (nSPS) is 18.1. The zero-order chi connectivity index (χ0) is 19.8. The number of hydrogen-bond acceptors (Lipinski definition) is 7. The van der Waals surface area contributed by atoms with Gasteiger partial charge in [0.25, 0.3) is 10.0 Å². The average Bonchev–Trinajstić information content (AvgIpc) is 3.38. The van der Waals surface area contributed by atoms with Crippen LogP contribution in [0.15, 0.2) is 22.7 Å². The molecule has 1 aliphatic heterocycles. The molecule has 2 aliphatic rings. The molecule has 3 aromatic heterocycles. The summed E-state index contributed by atoms with van der Waals surface area (Å²) in [5.41, 5.74) is 1.40. The molecule has 0 unspecified atom stereocenters. The third-order valence-corrected chi connectivity index (χ3v) is 10.4. The number of rotatable bonds is 5. The quantitative estimate of drug-likeness (QED) is 0.625. The summed E-state index contributed by atoms with van der Waals surface area (Å²) in [5.74, 6) is 0.864. The zero-order valence-corrected chi connectivity index (χ0v) is 18.6. The third-order valence-electron chi connectivity index (χ3n) is 5.73. The second-order valence-electron chi connectivity index (χ2n) is 7.65. The van der Waals surface area contributed by atoms with Gasteiger partial charge in [-0.1, -0.05) is 6.42 Å². The van der Waals surface area contributed by atoms with Crippen LogP contribution in [-0.2, 0) is 29.4 Å². The highest BCUT2D eigenvalue weighted by Gasteiger charge is 2.27. The minimum absolute atomic E-state index is 0.442. The molecule has 0 atom stereocenters. The van der Waals surface area contributed by atoms with E-state index in [2.05, 4.69) is 15.3 Å². The van der Waals surface area contributed by atoms with E-state index in [1.807, 2.05) is 6.07 Å². The molecule has 4 heterocycles. The SMILES string of the molecule is O=S(=O)(c1ccc(CNc2ncnc3sc4c(c23)CCCC4)s1)N1CCCCC1. The van der Waals surface area contributed by atoms with Gasteiger partial charge in [-0.05, 0) is 56.2 Å². The van der Waals surface area contributed by atoms with Crippen LogP contribution in [-0.4, -0.2) is 35.8 Å². The Bertz CT molecular complexity index is 1130. The van der Waals surface area contributed by atoms with Gasteiger partial charge in [0, 0.05) is 22.8 Å². The Kier molecular flexibility index (Phi) is 5.32. The van der Waals surface area contributed by atoms with Crippen molar-refractivity contribution in [2.75, 3.05) is 18.4 Å². The predicted molar refractivity (Wildman–Crippen MR) is 118 cm³/mol. The van der Waals surface area contributed by atoms with Gasteiger partial charge in [-0.3, -0.25) is 0 Å². The topological polar surface area (TPSA) is 75.2 Å². The summed E-state index contributed by atoms with van der Waals surface area (Å²) in [6.45, 7) is 1.84. The molecule has 154 valence electrons. The van der Waals surface area contributed by atoms with Crippen LogP contribution in [0.25, 0.3) is 10.2 Å².